The Bertz CT molecular complexity index is 1010. The van der Waals surface area contributed by atoms with E-state index in [2.05, 4.69) is 20.4 Å². The zero-order valence-electron chi connectivity index (χ0n) is 13.7. The second-order valence-electron chi connectivity index (χ2n) is 5.76. The molecular formula is C19H15F2N5. The van der Waals surface area contributed by atoms with E-state index in [9.17, 15) is 8.78 Å². The fraction of sp³-hybridized carbons (Fsp3) is 0.105. The molecule has 4 aromatic rings. The molecule has 0 amide bonds. The van der Waals surface area contributed by atoms with Crippen molar-refractivity contribution in [2.75, 3.05) is 5.32 Å². The Balaban J connectivity index is 1.62. The van der Waals surface area contributed by atoms with Crippen LogP contribution in [0.4, 0.5) is 14.6 Å². The van der Waals surface area contributed by atoms with Gasteiger partial charge in [-0.25, -0.2) is 13.8 Å². The van der Waals surface area contributed by atoms with Gasteiger partial charge < -0.3 is 5.32 Å². The van der Waals surface area contributed by atoms with Crippen LogP contribution in [0.2, 0.25) is 0 Å². The highest BCUT2D eigenvalue weighted by Crippen LogP contribution is 2.22. The number of hydrogen-bond acceptors (Lipinski definition) is 4. The topological polar surface area (TPSA) is 55.1 Å². The second kappa shape index (κ2) is 6.87. The summed E-state index contributed by atoms with van der Waals surface area (Å²) in [6.07, 6.45) is -1.01. The molecule has 2 aromatic heterocycles. The summed E-state index contributed by atoms with van der Waals surface area (Å²) >= 11 is 0. The molecule has 130 valence electrons. The van der Waals surface area contributed by atoms with Gasteiger partial charge in [-0.2, -0.15) is 14.6 Å². The number of alkyl halides is 2. The minimum absolute atomic E-state index is 0.0164. The molecule has 1 N–H and O–H groups in total. The summed E-state index contributed by atoms with van der Waals surface area (Å²) < 4.78 is 26.9. The van der Waals surface area contributed by atoms with E-state index in [0.717, 1.165) is 22.6 Å². The molecule has 0 fully saturated rings. The van der Waals surface area contributed by atoms with E-state index in [4.69, 9.17) is 0 Å². The van der Waals surface area contributed by atoms with Crippen LogP contribution >= 0.6 is 0 Å². The highest BCUT2D eigenvalue weighted by atomic mass is 19.3. The van der Waals surface area contributed by atoms with Crippen LogP contribution in [0.25, 0.3) is 17.0 Å². The Hall–Kier alpha value is -3.35. The van der Waals surface area contributed by atoms with E-state index in [1.807, 2.05) is 36.4 Å². The van der Waals surface area contributed by atoms with Gasteiger partial charge in [0.15, 0.2) is 0 Å². The molecule has 5 nitrogen and oxygen atoms in total. The average Bonchev–Trinajstić information content (AvgIpc) is 3.16. The Labute approximate surface area is 148 Å². The smallest absolute Gasteiger partial charge is 0.263 e. The Morgan fingerprint density at radius 1 is 1.00 bits per heavy atom. The van der Waals surface area contributed by atoms with Crippen LogP contribution in [-0.2, 0) is 6.54 Å². The summed E-state index contributed by atoms with van der Waals surface area (Å²) in [6, 6.07) is 17.9. The highest BCUT2D eigenvalue weighted by molar-refractivity contribution is 5.65. The second-order valence-corrected chi connectivity index (χ2v) is 5.76. The quantitative estimate of drug-likeness (QED) is 0.581. The van der Waals surface area contributed by atoms with Gasteiger partial charge in [-0.05, 0) is 5.56 Å². The summed E-state index contributed by atoms with van der Waals surface area (Å²) in [5, 5.41) is 7.47. The molecule has 0 bridgehead atoms. The predicted molar refractivity (Wildman–Crippen MR) is 94.9 cm³/mol. The number of nitrogens with zero attached hydrogens (tertiary/aromatic N) is 4. The Morgan fingerprint density at radius 2 is 1.77 bits per heavy atom. The molecule has 0 aliphatic rings. The standard InChI is InChI=1S/C19H15F2N5/c20-18(21)15-8-6-13(7-9-15)11-22-17-10-16(14-4-2-1-3-5-14)25-19-23-12-24-26(17)19/h1-10,12,18,22H,11H2. The van der Waals surface area contributed by atoms with Crippen molar-refractivity contribution in [1.29, 1.82) is 0 Å². The van der Waals surface area contributed by atoms with Gasteiger partial charge in [0.2, 0.25) is 0 Å². The molecule has 0 saturated heterocycles. The average molecular weight is 351 g/mol. The first-order chi connectivity index (χ1) is 12.7. The minimum atomic E-state index is -2.46. The zero-order chi connectivity index (χ0) is 17.9. The van der Waals surface area contributed by atoms with Gasteiger partial charge in [-0.1, -0.05) is 54.6 Å². The molecule has 0 aliphatic carbocycles. The number of benzene rings is 2. The van der Waals surface area contributed by atoms with Gasteiger partial charge in [-0.3, -0.25) is 0 Å². The molecule has 4 rings (SSSR count). The Kier molecular flexibility index (Phi) is 4.27. The molecule has 0 aliphatic heterocycles. The van der Waals surface area contributed by atoms with Crippen molar-refractivity contribution in [2.45, 2.75) is 13.0 Å². The van der Waals surface area contributed by atoms with Crippen LogP contribution in [-0.4, -0.2) is 19.6 Å². The maximum atomic E-state index is 12.7. The first-order valence-corrected chi connectivity index (χ1v) is 8.08. The molecular weight excluding hydrogens is 336 g/mol. The third-order valence-electron chi connectivity index (χ3n) is 4.03. The number of hydrogen-bond donors (Lipinski definition) is 1. The number of halogens is 2. The number of nitrogens with one attached hydrogen (secondary N) is 1. The Morgan fingerprint density at radius 3 is 2.50 bits per heavy atom. The van der Waals surface area contributed by atoms with Crippen LogP contribution in [0.3, 0.4) is 0 Å². The molecule has 7 heteroatoms. The van der Waals surface area contributed by atoms with Gasteiger partial charge in [0.05, 0.1) is 5.69 Å². The molecule has 2 aromatic carbocycles. The molecule has 0 unspecified atom stereocenters. The van der Waals surface area contributed by atoms with Gasteiger partial charge in [0, 0.05) is 23.7 Å². The maximum Gasteiger partial charge on any atom is 0.263 e. The SMILES string of the molecule is FC(F)c1ccc(CNc2cc(-c3ccccc3)nc3ncnn23)cc1. The normalized spacial score (nSPS) is 11.2. The van der Waals surface area contributed by atoms with E-state index in [1.54, 1.807) is 16.6 Å². The molecule has 0 radical (unpaired) electrons. The van der Waals surface area contributed by atoms with E-state index in [1.165, 1.54) is 18.5 Å². The van der Waals surface area contributed by atoms with Gasteiger partial charge in [-0.15, -0.1) is 0 Å². The summed E-state index contributed by atoms with van der Waals surface area (Å²) in [5.74, 6) is 1.21. The van der Waals surface area contributed by atoms with Crippen molar-refractivity contribution >= 4 is 11.6 Å². The largest absolute Gasteiger partial charge is 0.366 e. The van der Waals surface area contributed by atoms with Crippen molar-refractivity contribution in [3.05, 3.63) is 78.1 Å². The molecule has 0 atom stereocenters. The lowest BCUT2D eigenvalue weighted by atomic mass is 10.1. The van der Waals surface area contributed by atoms with Crippen LogP contribution < -0.4 is 5.32 Å². The molecule has 0 saturated carbocycles. The molecule has 2 heterocycles. The van der Waals surface area contributed by atoms with E-state index >= 15 is 0 Å². The van der Waals surface area contributed by atoms with Crippen molar-refractivity contribution in [2.24, 2.45) is 0 Å². The summed E-state index contributed by atoms with van der Waals surface area (Å²) in [5.41, 5.74) is 2.66. The summed E-state index contributed by atoms with van der Waals surface area (Å²) in [6.45, 7) is 0.469. The lowest BCUT2D eigenvalue weighted by Crippen LogP contribution is -2.07. The summed E-state index contributed by atoms with van der Waals surface area (Å²) in [7, 11) is 0. The van der Waals surface area contributed by atoms with Crippen LogP contribution in [0.15, 0.2) is 67.0 Å². The first kappa shape index (κ1) is 16.1. The molecule has 26 heavy (non-hydrogen) atoms. The number of anilines is 1. The summed E-state index contributed by atoms with van der Waals surface area (Å²) in [4.78, 5) is 8.69. The minimum Gasteiger partial charge on any atom is -0.366 e. The lowest BCUT2D eigenvalue weighted by Gasteiger charge is -2.10. The van der Waals surface area contributed by atoms with Crippen molar-refractivity contribution in [3.63, 3.8) is 0 Å². The van der Waals surface area contributed by atoms with E-state index in [0.29, 0.717) is 12.3 Å². The predicted octanol–water partition coefficient (Wildman–Crippen LogP) is 4.34. The van der Waals surface area contributed by atoms with Crippen molar-refractivity contribution in [1.82, 2.24) is 19.6 Å². The lowest BCUT2D eigenvalue weighted by molar-refractivity contribution is 0.151. The number of rotatable bonds is 5. The van der Waals surface area contributed by atoms with Gasteiger partial charge >= 0.3 is 0 Å². The van der Waals surface area contributed by atoms with Gasteiger partial charge in [0.1, 0.15) is 12.1 Å². The zero-order valence-corrected chi connectivity index (χ0v) is 13.7. The maximum absolute atomic E-state index is 12.7. The number of aromatic nitrogens is 4. The number of fused-ring (bicyclic) bond motifs is 1. The third kappa shape index (κ3) is 3.23. The monoisotopic (exact) mass is 351 g/mol. The molecule has 0 spiro atoms. The van der Waals surface area contributed by atoms with Crippen LogP contribution in [0, 0.1) is 0 Å². The van der Waals surface area contributed by atoms with Crippen molar-refractivity contribution in [3.8, 4) is 11.3 Å². The van der Waals surface area contributed by atoms with Gasteiger partial charge in [0.25, 0.3) is 12.2 Å². The first-order valence-electron chi connectivity index (χ1n) is 8.08. The van der Waals surface area contributed by atoms with E-state index < -0.39 is 6.43 Å². The van der Waals surface area contributed by atoms with Crippen molar-refractivity contribution < 1.29 is 8.78 Å². The fourth-order valence-electron chi connectivity index (χ4n) is 2.67. The van der Waals surface area contributed by atoms with Crippen LogP contribution in [0.5, 0.6) is 0 Å². The third-order valence-corrected chi connectivity index (χ3v) is 4.03. The highest BCUT2D eigenvalue weighted by Gasteiger charge is 2.10. The fourth-order valence-corrected chi connectivity index (χ4v) is 2.67. The van der Waals surface area contributed by atoms with Crippen LogP contribution in [0.1, 0.15) is 17.6 Å². The van der Waals surface area contributed by atoms with E-state index in [-0.39, 0.29) is 5.56 Å².